The standard InChI is InChI=1S/C23H18ClN3O3S/c1-3-12-30-18-10-6-16(13-19(18)29-2)14-20-22(28)27-23(31-20)25-21(26-27)11-7-15-4-8-17(24)9-5-15/h3-11,13-14H,1,12H2,2H3. The molecule has 0 aliphatic carbocycles. The SMILES string of the molecule is C=CCOc1ccc(C=c2sc3nc(C=Cc4ccc(Cl)cc4)nn3c2=O)cc1OC. The van der Waals surface area contributed by atoms with Crippen LogP contribution >= 0.6 is 22.9 Å². The number of methoxy groups -OCH3 is 1. The van der Waals surface area contributed by atoms with Gasteiger partial charge in [-0.15, -0.1) is 5.10 Å². The largest absolute Gasteiger partial charge is 0.493 e. The predicted octanol–water partition coefficient (Wildman–Crippen LogP) is 4.10. The van der Waals surface area contributed by atoms with Gasteiger partial charge in [0, 0.05) is 5.02 Å². The molecule has 2 heterocycles. The maximum atomic E-state index is 12.8. The van der Waals surface area contributed by atoms with Gasteiger partial charge in [0.1, 0.15) is 6.61 Å². The van der Waals surface area contributed by atoms with E-state index < -0.39 is 0 Å². The van der Waals surface area contributed by atoms with Gasteiger partial charge in [-0.3, -0.25) is 4.79 Å². The number of rotatable bonds is 7. The minimum Gasteiger partial charge on any atom is -0.493 e. The van der Waals surface area contributed by atoms with E-state index in [0.717, 1.165) is 11.1 Å². The van der Waals surface area contributed by atoms with E-state index in [1.807, 2.05) is 42.5 Å². The van der Waals surface area contributed by atoms with Gasteiger partial charge in [0.2, 0.25) is 4.96 Å². The quantitative estimate of drug-likeness (QED) is 0.396. The number of thiazole rings is 1. The predicted molar refractivity (Wildman–Crippen MR) is 125 cm³/mol. The molecule has 2 aromatic heterocycles. The Balaban J connectivity index is 1.62. The van der Waals surface area contributed by atoms with Gasteiger partial charge >= 0.3 is 0 Å². The molecule has 0 saturated carbocycles. The number of aromatic nitrogens is 3. The van der Waals surface area contributed by atoms with E-state index in [-0.39, 0.29) is 5.56 Å². The third-order valence-corrected chi connectivity index (χ3v) is 5.55. The van der Waals surface area contributed by atoms with Gasteiger partial charge in [0.25, 0.3) is 5.56 Å². The summed E-state index contributed by atoms with van der Waals surface area (Å²) in [7, 11) is 1.57. The Labute approximate surface area is 187 Å². The normalized spacial score (nSPS) is 12.0. The molecule has 0 bridgehead atoms. The number of hydrogen-bond acceptors (Lipinski definition) is 6. The zero-order valence-electron chi connectivity index (χ0n) is 16.6. The van der Waals surface area contributed by atoms with Crippen LogP contribution in [0.1, 0.15) is 17.0 Å². The number of halogens is 1. The lowest BCUT2D eigenvalue weighted by Gasteiger charge is -2.09. The van der Waals surface area contributed by atoms with Gasteiger partial charge in [-0.2, -0.15) is 9.50 Å². The van der Waals surface area contributed by atoms with Crippen molar-refractivity contribution in [1.82, 2.24) is 14.6 Å². The summed E-state index contributed by atoms with van der Waals surface area (Å²) in [4.78, 5) is 17.7. The molecule has 0 saturated heterocycles. The summed E-state index contributed by atoms with van der Waals surface area (Å²) in [6.07, 6.45) is 7.08. The summed E-state index contributed by atoms with van der Waals surface area (Å²) >= 11 is 7.18. The van der Waals surface area contributed by atoms with Crippen LogP contribution in [-0.2, 0) is 0 Å². The van der Waals surface area contributed by atoms with Crippen molar-refractivity contribution in [2.45, 2.75) is 0 Å². The zero-order valence-corrected chi connectivity index (χ0v) is 18.2. The smallest absolute Gasteiger partial charge is 0.291 e. The molecule has 0 N–H and O–H groups in total. The molecule has 0 unspecified atom stereocenters. The molecule has 6 nitrogen and oxygen atoms in total. The Morgan fingerprint density at radius 1 is 1.13 bits per heavy atom. The topological polar surface area (TPSA) is 65.7 Å². The highest BCUT2D eigenvalue weighted by Crippen LogP contribution is 2.28. The van der Waals surface area contributed by atoms with Crippen LogP contribution in [-0.4, -0.2) is 28.3 Å². The van der Waals surface area contributed by atoms with E-state index >= 15 is 0 Å². The molecule has 8 heteroatoms. The molecular formula is C23H18ClN3O3S. The van der Waals surface area contributed by atoms with Gasteiger partial charge in [-0.05, 0) is 47.5 Å². The first-order chi connectivity index (χ1) is 15.1. The van der Waals surface area contributed by atoms with E-state index in [1.54, 1.807) is 31.4 Å². The molecule has 0 amide bonds. The van der Waals surface area contributed by atoms with Crippen molar-refractivity contribution < 1.29 is 9.47 Å². The maximum Gasteiger partial charge on any atom is 0.291 e. The van der Waals surface area contributed by atoms with Crippen molar-refractivity contribution in [3.63, 3.8) is 0 Å². The van der Waals surface area contributed by atoms with Crippen LogP contribution in [0, 0.1) is 0 Å². The van der Waals surface area contributed by atoms with Crippen molar-refractivity contribution in [1.29, 1.82) is 0 Å². The number of fused-ring (bicyclic) bond motifs is 1. The van der Waals surface area contributed by atoms with Crippen LogP contribution < -0.4 is 19.6 Å². The van der Waals surface area contributed by atoms with Crippen molar-refractivity contribution in [3.8, 4) is 11.5 Å². The summed E-state index contributed by atoms with van der Waals surface area (Å²) < 4.78 is 12.8. The van der Waals surface area contributed by atoms with Gasteiger partial charge in [0.05, 0.1) is 11.6 Å². The van der Waals surface area contributed by atoms with E-state index in [4.69, 9.17) is 21.1 Å². The lowest BCUT2D eigenvalue weighted by atomic mass is 10.2. The average Bonchev–Trinajstić information content (AvgIpc) is 3.31. The second kappa shape index (κ2) is 9.16. The Hall–Kier alpha value is -3.42. The minimum atomic E-state index is -0.218. The van der Waals surface area contributed by atoms with Crippen molar-refractivity contribution in [2.24, 2.45) is 0 Å². The summed E-state index contributed by atoms with van der Waals surface area (Å²) in [5, 5.41) is 4.98. The van der Waals surface area contributed by atoms with Crippen molar-refractivity contribution in [3.05, 3.63) is 92.0 Å². The molecule has 0 aliphatic heterocycles. The first kappa shape index (κ1) is 20.8. The van der Waals surface area contributed by atoms with E-state index in [9.17, 15) is 4.79 Å². The lowest BCUT2D eigenvalue weighted by molar-refractivity contribution is 0.326. The summed E-state index contributed by atoms with van der Waals surface area (Å²) in [5.41, 5.74) is 1.56. The van der Waals surface area contributed by atoms with E-state index in [2.05, 4.69) is 16.7 Å². The van der Waals surface area contributed by atoms with Crippen molar-refractivity contribution >= 4 is 46.1 Å². The fraction of sp³-hybridized carbons (Fsp3) is 0.0870. The molecule has 0 atom stereocenters. The molecule has 4 aromatic rings. The Morgan fingerprint density at radius 2 is 1.90 bits per heavy atom. The zero-order chi connectivity index (χ0) is 21.8. The van der Waals surface area contributed by atoms with Crippen LogP contribution in [0.3, 0.4) is 0 Å². The fourth-order valence-electron chi connectivity index (χ4n) is 2.86. The number of hydrogen-bond donors (Lipinski definition) is 0. The highest BCUT2D eigenvalue weighted by molar-refractivity contribution is 7.15. The molecule has 0 aliphatic rings. The summed E-state index contributed by atoms with van der Waals surface area (Å²) in [5.74, 6) is 1.66. The van der Waals surface area contributed by atoms with E-state index in [1.165, 1.54) is 15.9 Å². The van der Waals surface area contributed by atoms with Crippen LogP contribution in [0.5, 0.6) is 11.5 Å². The summed E-state index contributed by atoms with van der Waals surface area (Å²) in [6.45, 7) is 4.02. The Bertz CT molecular complexity index is 1370. The Kier molecular flexibility index (Phi) is 6.16. The summed E-state index contributed by atoms with van der Waals surface area (Å²) in [6, 6.07) is 12.9. The maximum absolute atomic E-state index is 12.8. The van der Waals surface area contributed by atoms with Gasteiger partial charge in [0.15, 0.2) is 17.3 Å². The number of benzene rings is 2. The van der Waals surface area contributed by atoms with E-state index in [0.29, 0.717) is 38.4 Å². The number of nitrogens with zero attached hydrogens (tertiary/aromatic N) is 3. The van der Waals surface area contributed by atoms with Crippen molar-refractivity contribution in [2.75, 3.05) is 13.7 Å². The molecule has 0 radical (unpaired) electrons. The first-order valence-electron chi connectivity index (χ1n) is 9.34. The molecule has 0 spiro atoms. The monoisotopic (exact) mass is 451 g/mol. The third-order valence-electron chi connectivity index (χ3n) is 4.34. The minimum absolute atomic E-state index is 0.218. The molecule has 2 aromatic carbocycles. The molecular weight excluding hydrogens is 434 g/mol. The highest BCUT2D eigenvalue weighted by Gasteiger charge is 2.10. The average molecular weight is 452 g/mol. The Morgan fingerprint density at radius 3 is 2.61 bits per heavy atom. The first-order valence-corrected chi connectivity index (χ1v) is 10.5. The van der Waals surface area contributed by atoms with Crippen LogP contribution in [0.4, 0.5) is 0 Å². The second-order valence-corrected chi connectivity index (χ2v) is 7.92. The molecule has 31 heavy (non-hydrogen) atoms. The van der Waals surface area contributed by atoms with Gasteiger partial charge in [-0.1, -0.05) is 59.9 Å². The number of ether oxygens (including phenoxy) is 2. The van der Waals surface area contributed by atoms with Crippen LogP contribution in [0.2, 0.25) is 5.02 Å². The lowest BCUT2D eigenvalue weighted by Crippen LogP contribution is -2.23. The fourth-order valence-corrected chi connectivity index (χ4v) is 3.90. The molecule has 4 rings (SSSR count). The van der Waals surface area contributed by atoms with Gasteiger partial charge in [-0.25, -0.2) is 0 Å². The molecule has 156 valence electrons. The second-order valence-electron chi connectivity index (χ2n) is 6.48. The van der Waals surface area contributed by atoms with Crippen LogP contribution in [0.15, 0.2) is 59.9 Å². The third kappa shape index (κ3) is 4.68. The highest BCUT2D eigenvalue weighted by atomic mass is 35.5. The molecule has 0 fully saturated rings. The van der Waals surface area contributed by atoms with Gasteiger partial charge < -0.3 is 9.47 Å². The van der Waals surface area contributed by atoms with Crippen LogP contribution in [0.25, 0.3) is 23.2 Å².